The number of aromatic nitrogens is 3. The molecular formula is C25H23F2N5O2S. The van der Waals surface area contributed by atoms with E-state index in [-0.39, 0.29) is 11.1 Å². The summed E-state index contributed by atoms with van der Waals surface area (Å²) in [6.45, 7) is 2.81. The van der Waals surface area contributed by atoms with Gasteiger partial charge in [-0.25, -0.2) is 21.2 Å². The molecule has 6 rings (SSSR count). The molecule has 1 atom stereocenters. The van der Waals surface area contributed by atoms with E-state index >= 15 is 8.78 Å². The average molecular weight is 496 g/mol. The van der Waals surface area contributed by atoms with E-state index in [0.29, 0.717) is 35.2 Å². The minimum absolute atomic E-state index is 0.0198. The lowest BCUT2D eigenvalue weighted by atomic mass is 9.86. The number of nitrogens with zero attached hydrogens (tertiary/aromatic N) is 4. The molecule has 2 aliphatic rings. The van der Waals surface area contributed by atoms with Crippen molar-refractivity contribution < 1.29 is 17.2 Å². The summed E-state index contributed by atoms with van der Waals surface area (Å²) in [4.78, 5) is 9.75. The second-order valence-corrected chi connectivity index (χ2v) is 11.1. The molecule has 2 fully saturated rings. The number of rotatable bonds is 4. The Morgan fingerprint density at radius 1 is 1.06 bits per heavy atom. The first kappa shape index (κ1) is 22.1. The van der Waals surface area contributed by atoms with E-state index in [1.54, 1.807) is 35.5 Å². The summed E-state index contributed by atoms with van der Waals surface area (Å²) in [5.41, 5.74) is 1.46. The van der Waals surface area contributed by atoms with Crippen LogP contribution in [0.2, 0.25) is 0 Å². The average Bonchev–Trinajstić information content (AvgIpc) is 3.60. The summed E-state index contributed by atoms with van der Waals surface area (Å²) in [5.74, 6) is -1.76. The van der Waals surface area contributed by atoms with Crippen molar-refractivity contribution in [3.8, 4) is 11.3 Å². The zero-order valence-corrected chi connectivity index (χ0v) is 19.6. The standard InChI is InChI=1S/C25H23F2N5O2S/c26-20-11-17(12-21(27)24(20)31-10-6-25(16-31)5-8-28-15-25)35(33,34)32-9-4-18-19(13-29-14-23(18)32)22-3-1-2-7-30-22/h1-4,7,9,11-14,28H,5-6,8,10,15-16H2. The van der Waals surface area contributed by atoms with Crippen molar-refractivity contribution in [3.05, 3.63) is 72.8 Å². The molecule has 7 nitrogen and oxygen atoms in total. The second kappa shape index (κ2) is 8.10. The maximum atomic E-state index is 15.2. The molecule has 4 aromatic rings. The van der Waals surface area contributed by atoms with E-state index in [0.717, 1.165) is 42.0 Å². The molecule has 0 saturated carbocycles. The van der Waals surface area contributed by atoms with Gasteiger partial charge in [-0.3, -0.25) is 9.97 Å². The molecule has 1 aromatic carbocycles. The molecule has 2 saturated heterocycles. The van der Waals surface area contributed by atoms with Crippen molar-refractivity contribution in [3.63, 3.8) is 0 Å². The summed E-state index contributed by atoms with van der Waals surface area (Å²) < 4.78 is 58.4. The first-order valence-corrected chi connectivity index (χ1v) is 12.9. The molecule has 180 valence electrons. The molecular weight excluding hydrogens is 472 g/mol. The fraction of sp³-hybridized carbons (Fsp3) is 0.280. The van der Waals surface area contributed by atoms with Crippen LogP contribution in [0.4, 0.5) is 14.5 Å². The minimum atomic E-state index is -4.28. The van der Waals surface area contributed by atoms with Gasteiger partial charge in [-0.15, -0.1) is 0 Å². The number of hydrogen-bond acceptors (Lipinski definition) is 6. The summed E-state index contributed by atoms with van der Waals surface area (Å²) in [5, 5.41) is 3.94. The molecule has 0 aliphatic carbocycles. The van der Waals surface area contributed by atoms with Crippen LogP contribution in [-0.4, -0.2) is 48.5 Å². The van der Waals surface area contributed by atoms with Crippen LogP contribution in [0.25, 0.3) is 22.2 Å². The first-order valence-electron chi connectivity index (χ1n) is 11.4. The van der Waals surface area contributed by atoms with Crippen molar-refractivity contribution in [2.24, 2.45) is 5.41 Å². The Hall–Kier alpha value is -3.37. The molecule has 3 aromatic heterocycles. The predicted octanol–water partition coefficient (Wildman–Crippen LogP) is 3.80. The van der Waals surface area contributed by atoms with Gasteiger partial charge >= 0.3 is 0 Å². The van der Waals surface area contributed by atoms with Crippen LogP contribution in [0.1, 0.15) is 12.8 Å². The Morgan fingerprint density at radius 3 is 2.60 bits per heavy atom. The number of nitrogens with one attached hydrogen (secondary N) is 1. The fourth-order valence-corrected chi connectivity index (χ4v) is 6.70. The highest BCUT2D eigenvalue weighted by Crippen LogP contribution is 2.40. The predicted molar refractivity (Wildman–Crippen MR) is 129 cm³/mol. The van der Waals surface area contributed by atoms with Crippen LogP contribution in [0.15, 0.2) is 66.1 Å². The van der Waals surface area contributed by atoms with Crippen molar-refractivity contribution in [1.82, 2.24) is 19.3 Å². The van der Waals surface area contributed by atoms with Crippen LogP contribution in [0.3, 0.4) is 0 Å². The van der Waals surface area contributed by atoms with Gasteiger partial charge in [0.1, 0.15) is 5.69 Å². The maximum Gasteiger partial charge on any atom is 0.268 e. The molecule has 1 spiro atoms. The van der Waals surface area contributed by atoms with Crippen LogP contribution < -0.4 is 10.2 Å². The van der Waals surface area contributed by atoms with Gasteiger partial charge in [0, 0.05) is 54.6 Å². The normalized spacial score (nSPS) is 20.3. The van der Waals surface area contributed by atoms with Crippen LogP contribution in [0.5, 0.6) is 0 Å². The molecule has 0 radical (unpaired) electrons. The van der Waals surface area contributed by atoms with Crippen molar-refractivity contribution in [2.75, 3.05) is 31.1 Å². The van der Waals surface area contributed by atoms with Gasteiger partial charge in [-0.2, -0.15) is 0 Å². The zero-order chi connectivity index (χ0) is 24.2. The topological polar surface area (TPSA) is 80.1 Å². The molecule has 2 aliphatic heterocycles. The SMILES string of the molecule is O=S(=O)(c1cc(F)c(N2CCC3(CCNC3)C2)c(F)c1)n1ccc2c(-c3ccccn3)cncc21. The van der Waals surface area contributed by atoms with Crippen molar-refractivity contribution >= 4 is 26.6 Å². The largest absolute Gasteiger partial charge is 0.366 e. The third-order valence-electron chi connectivity index (χ3n) is 7.16. The smallest absolute Gasteiger partial charge is 0.268 e. The molecule has 0 amide bonds. The third-order valence-corrected chi connectivity index (χ3v) is 8.82. The summed E-state index contributed by atoms with van der Waals surface area (Å²) >= 11 is 0. The van der Waals surface area contributed by atoms with E-state index in [4.69, 9.17) is 0 Å². The Morgan fingerprint density at radius 2 is 1.89 bits per heavy atom. The third kappa shape index (κ3) is 3.59. The lowest BCUT2D eigenvalue weighted by Gasteiger charge is -2.25. The highest BCUT2D eigenvalue weighted by atomic mass is 32.2. The minimum Gasteiger partial charge on any atom is -0.366 e. The number of halogens is 2. The summed E-state index contributed by atoms with van der Waals surface area (Å²) in [6, 6.07) is 8.87. The first-order chi connectivity index (χ1) is 16.9. The van der Waals surface area contributed by atoms with Gasteiger partial charge in [-0.1, -0.05) is 6.07 Å². The molecule has 35 heavy (non-hydrogen) atoms. The van der Waals surface area contributed by atoms with E-state index in [1.807, 2.05) is 6.07 Å². The quantitative estimate of drug-likeness (QED) is 0.464. The Balaban J connectivity index is 1.38. The number of anilines is 1. The van der Waals surface area contributed by atoms with E-state index in [1.165, 1.54) is 12.4 Å². The molecule has 10 heteroatoms. The second-order valence-electron chi connectivity index (χ2n) is 9.29. The van der Waals surface area contributed by atoms with E-state index in [9.17, 15) is 8.42 Å². The van der Waals surface area contributed by atoms with Crippen LogP contribution >= 0.6 is 0 Å². The zero-order valence-electron chi connectivity index (χ0n) is 18.8. The van der Waals surface area contributed by atoms with Gasteiger partial charge in [0.25, 0.3) is 10.0 Å². The maximum absolute atomic E-state index is 15.2. The number of benzene rings is 1. The molecule has 1 unspecified atom stereocenters. The van der Waals surface area contributed by atoms with Gasteiger partial charge < -0.3 is 10.2 Å². The molecule has 5 heterocycles. The number of fused-ring (bicyclic) bond motifs is 1. The highest BCUT2D eigenvalue weighted by molar-refractivity contribution is 7.90. The van der Waals surface area contributed by atoms with Crippen LogP contribution in [0, 0.1) is 17.0 Å². The van der Waals surface area contributed by atoms with Gasteiger partial charge in [0.2, 0.25) is 0 Å². The number of hydrogen-bond donors (Lipinski definition) is 1. The van der Waals surface area contributed by atoms with Gasteiger partial charge in [0.15, 0.2) is 11.6 Å². The van der Waals surface area contributed by atoms with Gasteiger partial charge in [-0.05, 0) is 49.7 Å². The van der Waals surface area contributed by atoms with Crippen molar-refractivity contribution in [2.45, 2.75) is 17.7 Å². The lowest BCUT2D eigenvalue weighted by molar-refractivity contribution is 0.368. The highest BCUT2D eigenvalue weighted by Gasteiger charge is 2.41. The molecule has 0 bridgehead atoms. The fourth-order valence-electron chi connectivity index (χ4n) is 5.35. The Labute approximate surface area is 201 Å². The number of pyridine rings is 2. The Bertz CT molecular complexity index is 1510. The Kier molecular flexibility index (Phi) is 5.12. The lowest BCUT2D eigenvalue weighted by Crippen LogP contribution is -2.30. The monoisotopic (exact) mass is 495 g/mol. The van der Waals surface area contributed by atoms with Gasteiger partial charge in [0.05, 0.1) is 22.3 Å². The van der Waals surface area contributed by atoms with Crippen molar-refractivity contribution in [1.29, 1.82) is 0 Å². The van der Waals surface area contributed by atoms with Crippen LogP contribution in [-0.2, 0) is 10.0 Å². The summed E-state index contributed by atoms with van der Waals surface area (Å²) in [7, 11) is -4.28. The van der Waals surface area contributed by atoms with E-state index in [2.05, 4.69) is 15.3 Å². The molecule has 1 N–H and O–H groups in total. The summed E-state index contributed by atoms with van der Waals surface area (Å²) in [6.07, 6.45) is 7.85. The van der Waals surface area contributed by atoms with E-state index < -0.39 is 26.6 Å².